The first-order valence-electron chi connectivity index (χ1n) is 10.5. The number of nitrogens with one attached hydrogen (secondary N) is 2. The molecule has 4 rings (SSSR count). The van der Waals surface area contributed by atoms with E-state index in [0.29, 0.717) is 35.5 Å². The summed E-state index contributed by atoms with van der Waals surface area (Å²) in [6.45, 7) is 4.41. The zero-order valence-corrected chi connectivity index (χ0v) is 18.5. The topological polar surface area (TPSA) is 99.5 Å². The smallest absolute Gasteiger partial charge is 0.232 e. The number of nitrogens with zero attached hydrogens (tertiary/aromatic N) is 3. The highest BCUT2D eigenvalue weighted by Crippen LogP contribution is 2.40. The summed E-state index contributed by atoms with van der Waals surface area (Å²) < 4.78 is 18.3. The number of anilines is 2. The minimum absolute atomic E-state index is 0.159. The number of hydrogen-bond donors (Lipinski definition) is 2. The Morgan fingerprint density at radius 1 is 1.12 bits per heavy atom. The van der Waals surface area contributed by atoms with Crippen molar-refractivity contribution in [1.29, 1.82) is 0 Å². The van der Waals surface area contributed by atoms with Crippen molar-refractivity contribution in [3.05, 3.63) is 54.4 Å². The van der Waals surface area contributed by atoms with Crippen molar-refractivity contribution in [3.63, 3.8) is 0 Å². The minimum Gasteiger partial charge on any atom is -0.495 e. The molecule has 0 bridgehead atoms. The number of hydrogen-bond acceptors (Lipinski definition) is 7. The number of amides is 1. The van der Waals surface area contributed by atoms with Crippen LogP contribution in [0.5, 0.6) is 17.2 Å². The van der Waals surface area contributed by atoms with Crippen molar-refractivity contribution < 1.29 is 19.0 Å². The fourth-order valence-electron chi connectivity index (χ4n) is 4.10. The van der Waals surface area contributed by atoms with Crippen LogP contribution in [0.3, 0.4) is 0 Å². The number of benzene rings is 2. The van der Waals surface area contributed by atoms with Crippen LogP contribution in [0, 0.1) is 5.92 Å². The molecule has 0 unspecified atom stereocenters. The third-order valence-electron chi connectivity index (χ3n) is 5.57. The molecule has 3 atom stereocenters. The van der Waals surface area contributed by atoms with Gasteiger partial charge in [0.05, 0.1) is 38.5 Å². The molecule has 1 aromatic heterocycles. The summed E-state index contributed by atoms with van der Waals surface area (Å²) in [5, 5.41) is 10.7. The molecule has 0 saturated carbocycles. The Bertz CT molecular complexity index is 1100. The monoisotopic (exact) mass is 437 g/mol. The van der Waals surface area contributed by atoms with E-state index in [2.05, 4.69) is 20.7 Å². The standard InChI is InChI=1S/C23H27N5O4/c1-5-32-18-11-10-15(12-19(18)31-4)21-20(14(2)26-23-24-13-25-28(21)23)22(29)27-16-8-6-7-9-17(16)30-3/h6-14,20-21H,5H2,1-4H3,(H,27,29)(H,24,25,26)/t14-,20-,21+/m0/s1. The van der Waals surface area contributed by atoms with Gasteiger partial charge in [-0.2, -0.15) is 10.1 Å². The van der Waals surface area contributed by atoms with E-state index in [1.54, 1.807) is 18.9 Å². The van der Waals surface area contributed by atoms with Gasteiger partial charge >= 0.3 is 0 Å². The van der Waals surface area contributed by atoms with Crippen LogP contribution in [0.1, 0.15) is 25.5 Å². The maximum atomic E-state index is 13.6. The van der Waals surface area contributed by atoms with E-state index in [1.165, 1.54) is 6.33 Å². The summed E-state index contributed by atoms with van der Waals surface area (Å²) in [5.74, 6) is 1.80. The first-order chi connectivity index (χ1) is 15.6. The first kappa shape index (κ1) is 21.5. The Kier molecular flexibility index (Phi) is 6.16. The van der Waals surface area contributed by atoms with E-state index >= 15 is 0 Å². The number of rotatable bonds is 7. The van der Waals surface area contributed by atoms with Crippen molar-refractivity contribution in [3.8, 4) is 17.2 Å². The van der Waals surface area contributed by atoms with E-state index in [4.69, 9.17) is 14.2 Å². The molecule has 2 N–H and O–H groups in total. The van der Waals surface area contributed by atoms with Gasteiger partial charge in [-0.15, -0.1) is 0 Å². The molecule has 0 radical (unpaired) electrons. The van der Waals surface area contributed by atoms with Gasteiger partial charge in [-0.05, 0) is 43.7 Å². The van der Waals surface area contributed by atoms with Crippen LogP contribution in [-0.4, -0.2) is 47.5 Å². The van der Waals surface area contributed by atoms with Gasteiger partial charge in [0.15, 0.2) is 11.5 Å². The van der Waals surface area contributed by atoms with Crippen molar-refractivity contribution >= 4 is 17.5 Å². The van der Waals surface area contributed by atoms with Gasteiger partial charge in [0.1, 0.15) is 12.1 Å². The third kappa shape index (κ3) is 3.93. The molecular formula is C23H27N5O4. The van der Waals surface area contributed by atoms with Gasteiger partial charge < -0.3 is 24.8 Å². The Hall–Kier alpha value is -3.75. The van der Waals surface area contributed by atoms with Crippen LogP contribution >= 0.6 is 0 Å². The van der Waals surface area contributed by atoms with Crippen molar-refractivity contribution in [2.75, 3.05) is 31.5 Å². The fraction of sp³-hybridized carbons (Fsp3) is 0.348. The fourth-order valence-corrected chi connectivity index (χ4v) is 4.10. The number of carbonyl (C=O) groups is 1. The molecule has 1 aliphatic heterocycles. The lowest BCUT2D eigenvalue weighted by atomic mass is 9.85. The maximum Gasteiger partial charge on any atom is 0.232 e. The molecule has 0 spiro atoms. The second-order valence-corrected chi connectivity index (χ2v) is 7.46. The van der Waals surface area contributed by atoms with E-state index < -0.39 is 12.0 Å². The summed E-state index contributed by atoms with van der Waals surface area (Å²) in [6, 6.07) is 12.4. The molecule has 32 heavy (non-hydrogen) atoms. The molecule has 0 aliphatic carbocycles. The molecule has 0 saturated heterocycles. The van der Waals surface area contributed by atoms with Gasteiger partial charge in [-0.1, -0.05) is 18.2 Å². The molecule has 1 amide bonds. The van der Waals surface area contributed by atoms with Crippen molar-refractivity contribution in [2.45, 2.75) is 25.9 Å². The molecule has 2 aromatic carbocycles. The molecule has 0 fully saturated rings. The lowest BCUT2D eigenvalue weighted by Crippen LogP contribution is -2.46. The Balaban J connectivity index is 1.74. The van der Waals surface area contributed by atoms with Crippen molar-refractivity contribution in [1.82, 2.24) is 14.8 Å². The zero-order valence-electron chi connectivity index (χ0n) is 18.5. The van der Waals surface area contributed by atoms with E-state index in [0.717, 1.165) is 5.56 Å². The molecular weight excluding hydrogens is 410 g/mol. The lowest BCUT2D eigenvalue weighted by Gasteiger charge is -2.37. The minimum atomic E-state index is -0.489. The molecule has 2 heterocycles. The Morgan fingerprint density at radius 2 is 1.91 bits per heavy atom. The number of methoxy groups -OCH3 is 2. The molecule has 9 heteroatoms. The predicted octanol–water partition coefficient (Wildman–Crippen LogP) is 3.35. The van der Waals surface area contributed by atoms with Gasteiger partial charge in [0, 0.05) is 6.04 Å². The maximum absolute atomic E-state index is 13.6. The van der Waals surface area contributed by atoms with Crippen LogP contribution in [0.4, 0.5) is 11.6 Å². The normalized spacial score (nSPS) is 19.4. The quantitative estimate of drug-likeness (QED) is 0.585. The van der Waals surface area contributed by atoms with Gasteiger partial charge in [-0.3, -0.25) is 4.79 Å². The highest BCUT2D eigenvalue weighted by molar-refractivity contribution is 5.95. The Morgan fingerprint density at radius 3 is 2.66 bits per heavy atom. The number of para-hydroxylation sites is 2. The second-order valence-electron chi connectivity index (χ2n) is 7.46. The number of fused-ring (bicyclic) bond motifs is 1. The van der Waals surface area contributed by atoms with Crippen LogP contribution in [-0.2, 0) is 4.79 Å². The highest BCUT2D eigenvalue weighted by atomic mass is 16.5. The van der Waals surface area contributed by atoms with Gasteiger partial charge in [0.2, 0.25) is 11.9 Å². The van der Waals surface area contributed by atoms with Crippen LogP contribution in [0.25, 0.3) is 0 Å². The van der Waals surface area contributed by atoms with Gasteiger partial charge in [0.25, 0.3) is 0 Å². The average Bonchev–Trinajstić information content (AvgIpc) is 3.27. The third-order valence-corrected chi connectivity index (χ3v) is 5.57. The molecule has 168 valence electrons. The van der Waals surface area contributed by atoms with E-state index in [1.807, 2.05) is 56.3 Å². The van der Waals surface area contributed by atoms with Crippen LogP contribution in [0.15, 0.2) is 48.8 Å². The SMILES string of the molecule is CCOc1ccc([C@@H]2[C@@H](C(=O)Nc3ccccc3OC)[C@H](C)Nc3ncnn32)cc1OC. The summed E-state index contributed by atoms with van der Waals surface area (Å²) in [6.07, 6.45) is 1.48. The largest absolute Gasteiger partial charge is 0.495 e. The average molecular weight is 438 g/mol. The molecule has 3 aromatic rings. The molecule has 9 nitrogen and oxygen atoms in total. The summed E-state index contributed by atoms with van der Waals surface area (Å²) >= 11 is 0. The first-order valence-corrected chi connectivity index (χ1v) is 10.5. The predicted molar refractivity (Wildman–Crippen MR) is 121 cm³/mol. The lowest BCUT2D eigenvalue weighted by molar-refractivity contribution is -0.121. The van der Waals surface area contributed by atoms with E-state index in [-0.39, 0.29) is 11.9 Å². The van der Waals surface area contributed by atoms with Crippen LogP contribution < -0.4 is 24.8 Å². The second kappa shape index (κ2) is 9.17. The zero-order chi connectivity index (χ0) is 22.7. The van der Waals surface area contributed by atoms with Gasteiger partial charge in [-0.25, -0.2) is 4.68 Å². The molecule has 1 aliphatic rings. The highest BCUT2D eigenvalue weighted by Gasteiger charge is 2.41. The number of ether oxygens (including phenoxy) is 3. The number of aromatic nitrogens is 3. The van der Waals surface area contributed by atoms with E-state index in [9.17, 15) is 4.79 Å². The van der Waals surface area contributed by atoms with Crippen LogP contribution in [0.2, 0.25) is 0 Å². The summed E-state index contributed by atoms with van der Waals surface area (Å²) in [5.41, 5.74) is 1.48. The summed E-state index contributed by atoms with van der Waals surface area (Å²) in [4.78, 5) is 17.9. The van der Waals surface area contributed by atoms with Crippen molar-refractivity contribution in [2.24, 2.45) is 5.92 Å². The Labute approximate surface area is 186 Å². The number of carbonyl (C=O) groups excluding carboxylic acids is 1. The summed E-state index contributed by atoms with van der Waals surface area (Å²) in [7, 11) is 3.17.